The van der Waals surface area contributed by atoms with Gasteiger partial charge in [-0.05, 0) is 26.8 Å². The first kappa shape index (κ1) is 13.0. The summed E-state index contributed by atoms with van der Waals surface area (Å²) in [7, 11) is 0. The molecule has 17 heavy (non-hydrogen) atoms. The lowest BCUT2D eigenvalue weighted by molar-refractivity contribution is 0.0635. The first-order valence-electron chi connectivity index (χ1n) is 4.99. The van der Waals surface area contributed by atoms with E-state index in [1.807, 2.05) is 0 Å². The van der Waals surface area contributed by atoms with Gasteiger partial charge >= 0.3 is 6.09 Å². The van der Waals surface area contributed by atoms with E-state index < -0.39 is 17.5 Å². The highest BCUT2D eigenvalue weighted by atomic mass is 19.1. The van der Waals surface area contributed by atoms with E-state index >= 15 is 0 Å². The molecule has 1 aromatic carbocycles. The number of carbonyl (C=O) groups is 1. The molecule has 0 spiro atoms. The van der Waals surface area contributed by atoms with Gasteiger partial charge in [0.05, 0.1) is 12.3 Å². The van der Waals surface area contributed by atoms with Crippen LogP contribution in [-0.2, 0) is 4.74 Å². The zero-order valence-electron chi connectivity index (χ0n) is 9.87. The van der Waals surface area contributed by atoms with Gasteiger partial charge in [-0.15, -0.1) is 0 Å². The summed E-state index contributed by atoms with van der Waals surface area (Å²) in [6.07, 6.45) is -0.785. The lowest BCUT2D eigenvalue weighted by Crippen LogP contribution is -2.27. The van der Waals surface area contributed by atoms with Crippen LogP contribution in [0.4, 0.5) is 20.6 Å². The van der Waals surface area contributed by atoms with Crippen LogP contribution in [-0.4, -0.2) is 11.7 Å². The van der Waals surface area contributed by atoms with Crippen LogP contribution in [0.15, 0.2) is 18.2 Å². The van der Waals surface area contributed by atoms with Gasteiger partial charge in [0, 0.05) is 0 Å². The Labute approximate surface area is 99.2 Å². The van der Waals surface area contributed by atoms with Crippen molar-refractivity contribution in [3.8, 4) is 0 Å². The number of para-hydroxylation sites is 1. The summed E-state index contributed by atoms with van der Waals surface area (Å²) in [5, 5.41) is 2.24. The average Bonchev–Trinajstić information content (AvgIpc) is 2.18. The van der Waals surface area contributed by atoms with E-state index in [1.54, 1.807) is 20.8 Å². The second-order valence-electron chi connectivity index (χ2n) is 4.37. The van der Waals surface area contributed by atoms with E-state index in [0.717, 1.165) is 0 Å². The van der Waals surface area contributed by atoms with Crippen LogP contribution in [0.3, 0.4) is 0 Å². The van der Waals surface area contributed by atoms with E-state index in [4.69, 9.17) is 11.3 Å². The van der Waals surface area contributed by atoms with Crippen molar-refractivity contribution in [1.82, 2.24) is 0 Å². The Morgan fingerprint density at radius 3 is 2.65 bits per heavy atom. The van der Waals surface area contributed by atoms with Crippen molar-refractivity contribution in [2.75, 3.05) is 5.32 Å². The molecule has 0 aliphatic rings. The van der Waals surface area contributed by atoms with Crippen LogP contribution >= 0.6 is 0 Å². The molecular formula is C12H13FN2O2. The summed E-state index contributed by atoms with van der Waals surface area (Å²) < 4.78 is 18.4. The molecule has 0 saturated heterocycles. The van der Waals surface area contributed by atoms with Gasteiger partial charge in [-0.2, -0.15) is 0 Å². The molecular weight excluding hydrogens is 223 g/mol. The Morgan fingerprint density at radius 1 is 1.47 bits per heavy atom. The minimum Gasteiger partial charge on any atom is -0.444 e. The molecule has 0 radical (unpaired) electrons. The van der Waals surface area contributed by atoms with Crippen molar-refractivity contribution in [2.24, 2.45) is 0 Å². The fourth-order valence-electron chi connectivity index (χ4n) is 1.14. The Morgan fingerprint density at radius 2 is 2.12 bits per heavy atom. The second-order valence-corrected chi connectivity index (χ2v) is 4.37. The van der Waals surface area contributed by atoms with Crippen molar-refractivity contribution in [3.05, 3.63) is 35.4 Å². The first-order chi connectivity index (χ1) is 7.83. The van der Waals surface area contributed by atoms with Gasteiger partial charge in [-0.25, -0.2) is 14.0 Å². The number of hydrogen-bond donors (Lipinski definition) is 1. The largest absolute Gasteiger partial charge is 0.444 e. The predicted octanol–water partition coefficient (Wildman–Crippen LogP) is 3.72. The number of anilines is 1. The molecule has 0 fully saturated rings. The SMILES string of the molecule is [C-]#[N+]c1cccc(F)c1NC(=O)OC(C)(C)C. The molecule has 5 heteroatoms. The maximum atomic E-state index is 13.4. The molecule has 1 aromatic rings. The molecule has 4 nitrogen and oxygen atoms in total. The molecule has 1 amide bonds. The summed E-state index contributed by atoms with van der Waals surface area (Å²) in [6, 6.07) is 3.99. The Balaban J connectivity index is 2.89. The van der Waals surface area contributed by atoms with Crippen molar-refractivity contribution >= 4 is 17.5 Å². The maximum absolute atomic E-state index is 13.4. The quantitative estimate of drug-likeness (QED) is 0.755. The van der Waals surface area contributed by atoms with E-state index in [-0.39, 0.29) is 11.4 Å². The number of ether oxygens (including phenoxy) is 1. The second kappa shape index (κ2) is 4.83. The highest BCUT2D eigenvalue weighted by Crippen LogP contribution is 2.28. The molecule has 1 rings (SSSR count). The number of halogens is 1. The molecule has 0 atom stereocenters. The van der Waals surface area contributed by atoms with Gasteiger partial charge < -0.3 is 4.74 Å². The van der Waals surface area contributed by atoms with Crippen LogP contribution in [0, 0.1) is 12.4 Å². The van der Waals surface area contributed by atoms with Crippen LogP contribution in [0.25, 0.3) is 4.85 Å². The highest BCUT2D eigenvalue weighted by molar-refractivity contribution is 5.90. The summed E-state index contributed by atoms with van der Waals surface area (Å²) in [5.41, 5.74) is -0.791. The normalized spacial score (nSPS) is 10.5. The van der Waals surface area contributed by atoms with Crippen molar-refractivity contribution in [2.45, 2.75) is 26.4 Å². The van der Waals surface area contributed by atoms with Gasteiger partial charge in [0.25, 0.3) is 0 Å². The molecule has 90 valence electrons. The smallest absolute Gasteiger partial charge is 0.411 e. The number of rotatable bonds is 1. The Hall–Kier alpha value is -2.09. The van der Waals surface area contributed by atoms with Crippen LogP contribution in [0.1, 0.15) is 20.8 Å². The lowest BCUT2D eigenvalue weighted by atomic mass is 10.2. The Bertz CT molecular complexity index is 472. The molecule has 0 heterocycles. The monoisotopic (exact) mass is 236 g/mol. The third-order valence-electron chi connectivity index (χ3n) is 1.74. The summed E-state index contributed by atoms with van der Waals surface area (Å²) in [4.78, 5) is 14.6. The van der Waals surface area contributed by atoms with Gasteiger partial charge in [0.15, 0.2) is 0 Å². The van der Waals surface area contributed by atoms with Crippen LogP contribution < -0.4 is 5.32 Å². The fourth-order valence-corrected chi connectivity index (χ4v) is 1.14. The van der Waals surface area contributed by atoms with E-state index in [2.05, 4.69) is 10.2 Å². The number of carbonyl (C=O) groups excluding carboxylic acids is 1. The third kappa shape index (κ3) is 3.76. The molecule has 0 saturated carbocycles. The third-order valence-corrected chi connectivity index (χ3v) is 1.74. The van der Waals surface area contributed by atoms with Gasteiger partial charge in [-0.1, -0.05) is 12.1 Å². The van der Waals surface area contributed by atoms with E-state index in [9.17, 15) is 9.18 Å². The Kier molecular flexibility index (Phi) is 3.69. The highest BCUT2D eigenvalue weighted by Gasteiger charge is 2.18. The van der Waals surface area contributed by atoms with Crippen molar-refractivity contribution in [1.29, 1.82) is 0 Å². The number of nitrogens with one attached hydrogen (secondary N) is 1. The summed E-state index contributed by atoms with van der Waals surface area (Å²) in [6.45, 7) is 12.0. The number of amides is 1. The fraction of sp³-hybridized carbons (Fsp3) is 0.333. The molecule has 0 aliphatic heterocycles. The zero-order chi connectivity index (χ0) is 13.1. The van der Waals surface area contributed by atoms with Crippen LogP contribution in [0.5, 0.6) is 0 Å². The molecule has 0 unspecified atom stereocenters. The van der Waals surface area contributed by atoms with Gasteiger partial charge in [0.1, 0.15) is 11.4 Å². The number of benzene rings is 1. The standard InChI is InChI=1S/C12H13FN2O2/c1-12(2,3)17-11(16)15-10-8(13)6-5-7-9(10)14-4/h5-7H,1-3H3,(H,15,16). The first-order valence-corrected chi connectivity index (χ1v) is 4.99. The average molecular weight is 236 g/mol. The lowest BCUT2D eigenvalue weighted by Gasteiger charge is -2.20. The number of hydrogen-bond acceptors (Lipinski definition) is 2. The van der Waals surface area contributed by atoms with Crippen LogP contribution in [0.2, 0.25) is 0 Å². The minimum atomic E-state index is -0.785. The number of nitrogens with zero attached hydrogens (tertiary/aromatic N) is 1. The topological polar surface area (TPSA) is 42.7 Å². The molecule has 0 aromatic heterocycles. The van der Waals surface area contributed by atoms with E-state index in [1.165, 1.54) is 18.2 Å². The minimum absolute atomic E-state index is 0.0378. The maximum Gasteiger partial charge on any atom is 0.411 e. The predicted molar refractivity (Wildman–Crippen MR) is 62.5 cm³/mol. The van der Waals surface area contributed by atoms with E-state index in [0.29, 0.717) is 0 Å². The molecule has 0 aliphatic carbocycles. The van der Waals surface area contributed by atoms with Crippen molar-refractivity contribution < 1.29 is 13.9 Å². The van der Waals surface area contributed by atoms with Gasteiger partial charge in [0.2, 0.25) is 5.69 Å². The zero-order valence-corrected chi connectivity index (χ0v) is 9.87. The molecule has 0 bridgehead atoms. The van der Waals surface area contributed by atoms with Crippen molar-refractivity contribution in [3.63, 3.8) is 0 Å². The summed E-state index contributed by atoms with van der Waals surface area (Å²) in [5.74, 6) is -0.663. The summed E-state index contributed by atoms with van der Waals surface area (Å²) >= 11 is 0. The van der Waals surface area contributed by atoms with Gasteiger partial charge in [-0.3, -0.25) is 5.32 Å². The molecule has 1 N–H and O–H groups in total.